The van der Waals surface area contributed by atoms with Crippen LogP contribution in [0.4, 0.5) is 0 Å². The normalized spacial score (nSPS) is 23.9. The molecule has 1 aliphatic carbocycles. The molecule has 0 bridgehead atoms. The molecule has 1 fully saturated rings. The van der Waals surface area contributed by atoms with Gasteiger partial charge in [0, 0.05) is 0 Å². The Morgan fingerprint density at radius 1 is 1.38 bits per heavy atom. The fraction of sp³-hybridized carbons (Fsp3) is 0.500. The lowest BCUT2D eigenvalue weighted by Gasteiger charge is -2.29. The highest BCUT2D eigenvalue weighted by atomic mass is 16.3. The molecule has 3 rings (SSSR count). The molecule has 0 spiro atoms. The molecule has 5 heteroatoms. The number of nitrogens with zero attached hydrogens (tertiary/aromatic N) is 2. The maximum atomic E-state index is 12.4. The van der Waals surface area contributed by atoms with Crippen LogP contribution >= 0.6 is 0 Å². The van der Waals surface area contributed by atoms with E-state index in [4.69, 9.17) is 0 Å². The van der Waals surface area contributed by atoms with E-state index >= 15 is 0 Å². The van der Waals surface area contributed by atoms with E-state index in [0.717, 1.165) is 36.7 Å². The number of hydrogen-bond acceptors (Lipinski definition) is 3. The van der Waals surface area contributed by atoms with E-state index in [-0.39, 0.29) is 18.0 Å². The Bertz CT molecular complexity index is 637. The van der Waals surface area contributed by atoms with Crippen molar-refractivity contribution in [2.45, 2.75) is 50.8 Å². The molecule has 1 aromatic carbocycles. The Hall–Kier alpha value is -1.88. The predicted octanol–water partition coefficient (Wildman–Crippen LogP) is 2.02. The van der Waals surface area contributed by atoms with Crippen LogP contribution in [0.15, 0.2) is 30.6 Å². The number of benzene rings is 1. The minimum atomic E-state index is -0.422. The highest BCUT2D eigenvalue weighted by Crippen LogP contribution is 2.21. The maximum Gasteiger partial charge on any atom is 0.243 e. The summed E-state index contributed by atoms with van der Waals surface area (Å²) < 4.78 is 1.87. The van der Waals surface area contributed by atoms with E-state index in [1.807, 2.05) is 35.8 Å². The summed E-state index contributed by atoms with van der Waals surface area (Å²) in [6.07, 6.45) is 5.00. The predicted molar refractivity (Wildman–Crippen MR) is 80.8 cm³/mol. The third-order valence-electron chi connectivity index (χ3n) is 4.33. The first-order chi connectivity index (χ1) is 10.2. The highest BCUT2D eigenvalue weighted by Gasteiger charge is 2.27. The van der Waals surface area contributed by atoms with E-state index in [1.165, 1.54) is 0 Å². The average Bonchev–Trinajstić information content (AvgIpc) is 2.92. The lowest BCUT2D eigenvalue weighted by Crippen LogP contribution is -2.47. The number of aliphatic hydroxyl groups excluding tert-OH is 1. The quantitative estimate of drug-likeness (QED) is 0.907. The smallest absolute Gasteiger partial charge is 0.243 e. The number of para-hydroxylation sites is 2. The zero-order valence-corrected chi connectivity index (χ0v) is 12.2. The second-order valence-electron chi connectivity index (χ2n) is 5.78. The van der Waals surface area contributed by atoms with Gasteiger partial charge in [0.1, 0.15) is 6.04 Å². The molecule has 21 heavy (non-hydrogen) atoms. The zero-order chi connectivity index (χ0) is 14.8. The number of carbonyl (C=O) groups excluding carboxylic acids is 1. The first kappa shape index (κ1) is 14.1. The number of amides is 1. The van der Waals surface area contributed by atoms with Gasteiger partial charge in [-0.3, -0.25) is 4.79 Å². The van der Waals surface area contributed by atoms with E-state index in [9.17, 15) is 9.90 Å². The second-order valence-corrected chi connectivity index (χ2v) is 5.78. The van der Waals surface area contributed by atoms with Crippen LogP contribution in [-0.4, -0.2) is 32.7 Å². The van der Waals surface area contributed by atoms with E-state index in [2.05, 4.69) is 10.3 Å². The Balaban J connectivity index is 1.75. The molecule has 1 aromatic heterocycles. The fourth-order valence-electron chi connectivity index (χ4n) is 3.00. The zero-order valence-electron chi connectivity index (χ0n) is 12.2. The third kappa shape index (κ3) is 2.78. The van der Waals surface area contributed by atoms with E-state index in [1.54, 1.807) is 6.33 Å². The minimum Gasteiger partial charge on any atom is -0.391 e. The van der Waals surface area contributed by atoms with Crippen LogP contribution in [0.3, 0.4) is 0 Å². The summed E-state index contributed by atoms with van der Waals surface area (Å²) in [6, 6.07) is 7.30. The summed E-state index contributed by atoms with van der Waals surface area (Å²) in [7, 11) is 0. The minimum absolute atomic E-state index is 0.0656. The van der Waals surface area contributed by atoms with Gasteiger partial charge in [-0.1, -0.05) is 25.0 Å². The average molecular weight is 287 g/mol. The standard InChI is InChI=1S/C16H21N3O2/c1-11(16(21)18-13-7-3-5-9-15(13)20)19-10-17-12-6-2-4-8-14(12)19/h2,4,6,8,10-11,13,15,20H,3,5,7,9H2,1H3,(H,18,21)/t11?,13-,15-/m0/s1. The Morgan fingerprint density at radius 3 is 2.95 bits per heavy atom. The van der Waals surface area contributed by atoms with Crippen LogP contribution in [0.25, 0.3) is 11.0 Å². The Labute approximate surface area is 124 Å². The summed E-state index contributed by atoms with van der Waals surface area (Å²) in [5.41, 5.74) is 1.83. The van der Waals surface area contributed by atoms with Crippen molar-refractivity contribution >= 4 is 16.9 Å². The molecule has 0 saturated heterocycles. The van der Waals surface area contributed by atoms with Crippen molar-refractivity contribution in [1.29, 1.82) is 0 Å². The number of imidazole rings is 1. The molecule has 2 N–H and O–H groups in total. The molecule has 0 radical (unpaired) electrons. The van der Waals surface area contributed by atoms with E-state index < -0.39 is 6.10 Å². The van der Waals surface area contributed by atoms with E-state index in [0.29, 0.717) is 0 Å². The first-order valence-corrected chi connectivity index (χ1v) is 7.57. The third-order valence-corrected chi connectivity index (χ3v) is 4.33. The number of rotatable bonds is 3. The molecule has 1 aliphatic rings. The molecule has 1 heterocycles. The Morgan fingerprint density at radius 2 is 2.14 bits per heavy atom. The molecule has 112 valence electrons. The highest BCUT2D eigenvalue weighted by molar-refractivity contribution is 5.83. The molecule has 0 aliphatic heterocycles. The largest absolute Gasteiger partial charge is 0.391 e. The summed E-state index contributed by atoms with van der Waals surface area (Å²) in [6.45, 7) is 1.86. The van der Waals surface area contributed by atoms with Gasteiger partial charge in [0.15, 0.2) is 0 Å². The van der Waals surface area contributed by atoms with Crippen molar-refractivity contribution in [2.24, 2.45) is 0 Å². The summed E-state index contributed by atoms with van der Waals surface area (Å²) >= 11 is 0. The number of aliphatic hydroxyl groups is 1. The molecular weight excluding hydrogens is 266 g/mol. The number of fused-ring (bicyclic) bond motifs is 1. The van der Waals surface area contributed by atoms with Gasteiger partial charge >= 0.3 is 0 Å². The van der Waals surface area contributed by atoms with Gasteiger partial charge in [-0.05, 0) is 31.9 Å². The van der Waals surface area contributed by atoms with Crippen molar-refractivity contribution in [3.05, 3.63) is 30.6 Å². The summed E-state index contributed by atoms with van der Waals surface area (Å²) in [5.74, 6) is -0.0656. The van der Waals surface area contributed by atoms with Crippen LogP contribution in [0.5, 0.6) is 0 Å². The fourth-order valence-corrected chi connectivity index (χ4v) is 3.00. The van der Waals surface area contributed by atoms with Crippen molar-refractivity contribution in [1.82, 2.24) is 14.9 Å². The first-order valence-electron chi connectivity index (χ1n) is 7.57. The van der Waals surface area contributed by atoms with Crippen molar-refractivity contribution in [3.63, 3.8) is 0 Å². The SMILES string of the molecule is CC(C(=O)N[C@H]1CCCC[C@@H]1O)n1cnc2ccccc21. The second kappa shape index (κ2) is 5.85. The number of carbonyl (C=O) groups is 1. The summed E-state index contributed by atoms with van der Waals surface area (Å²) in [4.78, 5) is 16.7. The van der Waals surface area contributed by atoms with Crippen molar-refractivity contribution in [3.8, 4) is 0 Å². The molecule has 1 saturated carbocycles. The topological polar surface area (TPSA) is 67.2 Å². The monoisotopic (exact) mass is 287 g/mol. The van der Waals surface area contributed by atoms with Crippen LogP contribution in [-0.2, 0) is 4.79 Å². The van der Waals surface area contributed by atoms with Gasteiger partial charge in [-0.15, -0.1) is 0 Å². The van der Waals surface area contributed by atoms with Crippen LogP contribution < -0.4 is 5.32 Å². The van der Waals surface area contributed by atoms with Gasteiger partial charge in [-0.2, -0.15) is 0 Å². The van der Waals surface area contributed by atoms with Gasteiger partial charge in [0.2, 0.25) is 5.91 Å². The number of hydrogen-bond donors (Lipinski definition) is 2. The van der Waals surface area contributed by atoms with Gasteiger partial charge in [0.25, 0.3) is 0 Å². The molecule has 5 nitrogen and oxygen atoms in total. The van der Waals surface area contributed by atoms with Crippen molar-refractivity contribution < 1.29 is 9.90 Å². The summed E-state index contributed by atoms with van der Waals surface area (Å²) in [5, 5.41) is 13.0. The molecule has 3 atom stereocenters. The molecule has 2 aromatic rings. The molecular formula is C16H21N3O2. The maximum absolute atomic E-state index is 12.4. The van der Waals surface area contributed by atoms with Crippen LogP contribution in [0.2, 0.25) is 0 Å². The van der Waals surface area contributed by atoms with Crippen molar-refractivity contribution in [2.75, 3.05) is 0 Å². The number of aromatic nitrogens is 2. The van der Waals surface area contributed by atoms with Crippen LogP contribution in [0.1, 0.15) is 38.6 Å². The van der Waals surface area contributed by atoms with Gasteiger partial charge in [-0.25, -0.2) is 4.98 Å². The molecule has 1 unspecified atom stereocenters. The lowest BCUT2D eigenvalue weighted by atomic mass is 9.92. The number of nitrogens with one attached hydrogen (secondary N) is 1. The van der Waals surface area contributed by atoms with Gasteiger partial charge in [0.05, 0.1) is 29.5 Å². The lowest BCUT2D eigenvalue weighted by molar-refractivity contribution is -0.125. The van der Waals surface area contributed by atoms with Crippen LogP contribution in [0, 0.1) is 0 Å². The van der Waals surface area contributed by atoms with Gasteiger partial charge < -0.3 is 15.0 Å². The molecule has 1 amide bonds. The Kier molecular flexibility index (Phi) is 3.92.